The molecule has 0 unspecified atom stereocenters. The van der Waals surface area contributed by atoms with E-state index in [1.165, 1.54) is 12.8 Å². The fraction of sp³-hybridized carbons (Fsp3) is 1.00. The van der Waals surface area contributed by atoms with Crippen LogP contribution < -0.4 is 11.5 Å². The first-order valence-electron chi connectivity index (χ1n) is 4.41. The van der Waals surface area contributed by atoms with Gasteiger partial charge in [-0.15, -0.1) is 0 Å². The summed E-state index contributed by atoms with van der Waals surface area (Å²) in [6.07, 6.45) is 4.80. The van der Waals surface area contributed by atoms with Crippen molar-refractivity contribution in [3.63, 3.8) is 0 Å². The fourth-order valence-corrected chi connectivity index (χ4v) is 1.19. The Labute approximate surface area is 122 Å². The minimum atomic E-state index is -1.75. The van der Waals surface area contributed by atoms with Crippen molar-refractivity contribution < 1.29 is 42.2 Å². The Kier molecular flexibility index (Phi) is 31.2. The van der Waals surface area contributed by atoms with Gasteiger partial charge in [-0.25, -0.2) is 0 Å². The van der Waals surface area contributed by atoms with Gasteiger partial charge < -0.3 is 53.1 Å². The van der Waals surface area contributed by atoms with Crippen LogP contribution in [0.3, 0.4) is 0 Å². The predicted octanol–water partition coefficient (Wildman–Crippen LogP) is -1.92. The number of hydrogen-bond donors (Lipinski definition) is 2. The quantitative estimate of drug-likeness (QED) is 0.298. The molecule has 120 valence electrons. The summed E-state index contributed by atoms with van der Waals surface area (Å²) in [6, 6.07) is 0.562. The third-order valence-electron chi connectivity index (χ3n) is 1.87. The van der Waals surface area contributed by atoms with Crippen LogP contribution in [0.25, 0.3) is 0 Å². The van der Waals surface area contributed by atoms with Crippen molar-refractivity contribution in [1.82, 2.24) is 0 Å². The van der Waals surface area contributed by atoms with Crippen molar-refractivity contribution in [2.45, 2.75) is 37.8 Å². The Balaban J connectivity index is -0.0000000526. The van der Waals surface area contributed by atoms with Gasteiger partial charge in [-0.2, -0.15) is 0 Å². The molecule has 0 saturated heterocycles. The van der Waals surface area contributed by atoms with Gasteiger partial charge in [-0.3, -0.25) is 0 Å². The molecule has 1 aliphatic rings. The zero-order valence-corrected chi connectivity index (χ0v) is 12.1. The molecule has 0 heterocycles. The van der Waals surface area contributed by atoms with Crippen LogP contribution >= 0.6 is 0 Å². The molecule has 1 rings (SSSR count). The van der Waals surface area contributed by atoms with Gasteiger partial charge in [0.15, 0.2) is 0 Å². The molecular formula is C6H18N4O8Pt. The van der Waals surface area contributed by atoms with Crippen LogP contribution in [0.4, 0.5) is 0 Å². The molecule has 0 amide bonds. The van der Waals surface area contributed by atoms with Crippen LogP contribution in [0.15, 0.2) is 0 Å². The van der Waals surface area contributed by atoms with E-state index in [9.17, 15) is 0 Å². The smallest absolute Gasteiger partial charge is 0.412 e. The molecule has 12 nitrogen and oxygen atoms in total. The first-order chi connectivity index (χ1) is 7.27. The van der Waals surface area contributed by atoms with E-state index in [4.69, 9.17) is 42.1 Å². The number of nitrogens with zero attached hydrogens (tertiary/aromatic N) is 2. The molecule has 8 N–H and O–H groups in total. The molecule has 0 bridgehead atoms. The summed E-state index contributed by atoms with van der Waals surface area (Å²) >= 11 is 0. The summed E-state index contributed by atoms with van der Waals surface area (Å²) < 4.78 is 0. The predicted molar refractivity (Wildman–Crippen MR) is 62.4 cm³/mol. The molecule has 2 atom stereocenters. The van der Waals surface area contributed by atoms with Crippen molar-refractivity contribution in [2.75, 3.05) is 0 Å². The summed E-state index contributed by atoms with van der Waals surface area (Å²) in [6.45, 7) is 0. The first kappa shape index (κ1) is 30.7. The Morgan fingerprint density at radius 3 is 1.05 bits per heavy atom. The fourth-order valence-electron chi connectivity index (χ4n) is 1.19. The van der Waals surface area contributed by atoms with Crippen LogP contribution in [0.1, 0.15) is 25.7 Å². The van der Waals surface area contributed by atoms with Gasteiger partial charge in [0.1, 0.15) is 0 Å². The Morgan fingerprint density at radius 2 is 0.947 bits per heavy atom. The molecule has 0 aromatic heterocycles. The zero-order valence-electron chi connectivity index (χ0n) is 9.80. The molecule has 0 spiro atoms. The Morgan fingerprint density at radius 1 is 0.789 bits per heavy atom. The zero-order chi connectivity index (χ0) is 13.1. The maximum absolute atomic E-state index is 8.25. The van der Waals surface area contributed by atoms with E-state index < -0.39 is 10.2 Å². The van der Waals surface area contributed by atoms with E-state index in [0.29, 0.717) is 0 Å². The molecule has 0 aromatic carbocycles. The topological polar surface area (TPSA) is 247 Å². The molecule has 0 aromatic rings. The van der Waals surface area contributed by atoms with Crippen LogP contribution in [0.5, 0.6) is 0 Å². The molecule has 13 heteroatoms. The third kappa shape index (κ3) is 38.3. The van der Waals surface area contributed by atoms with Gasteiger partial charge in [-0.1, -0.05) is 12.8 Å². The van der Waals surface area contributed by atoms with Crippen molar-refractivity contribution in [3.05, 3.63) is 30.6 Å². The van der Waals surface area contributed by atoms with Crippen molar-refractivity contribution in [3.8, 4) is 0 Å². The Hall–Kier alpha value is -1.07. The standard InChI is InChI=1S/C6H14N2.2NO3.2H2O.Pt/c7-5-3-1-2-4-6(5)8;2*2-1(3)4;;;/h5-6H,1-4,7-8H2;;;2*1H2;/q;2*-1;;;+2/t5-,6-;;;;;/m1...../s1. The minimum Gasteiger partial charge on any atom is -0.412 e. The van der Waals surface area contributed by atoms with Gasteiger partial charge in [0, 0.05) is 12.1 Å². The second-order valence-corrected chi connectivity index (χ2v) is 3.06. The third-order valence-corrected chi connectivity index (χ3v) is 1.87. The van der Waals surface area contributed by atoms with Gasteiger partial charge in [0.05, 0.1) is 10.2 Å². The second-order valence-electron chi connectivity index (χ2n) is 3.06. The normalized spacial score (nSPS) is 19.3. The number of rotatable bonds is 0. The van der Waals surface area contributed by atoms with Crippen LogP contribution in [-0.2, 0) is 21.1 Å². The largest absolute Gasteiger partial charge is 2.00 e. The SMILES string of the molecule is N[C@@H]1CCCC[C@H]1N.O.O.O=[N+]([O-])[O-].O=[N+]([O-])[O-].[Pt+2]. The number of hydrogen-bond acceptors (Lipinski definition) is 8. The molecule has 0 radical (unpaired) electrons. The molecule has 1 aliphatic carbocycles. The van der Waals surface area contributed by atoms with Gasteiger partial charge >= 0.3 is 21.1 Å². The summed E-state index contributed by atoms with van der Waals surface area (Å²) in [4.78, 5) is 16.5. The van der Waals surface area contributed by atoms with Crippen LogP contribution in [0, 0.1) is 30.6 Å². The molecular weight excluding hydrogens is 451 g/mol. The van der Waals surface area contributed by atoms with Crippen LogP contribution in [-0.4, -0.2) is 33.2 Å². The molecule has 1 fully saturated rings. The molecule has 0 aliphatic heterocycles. The maximum atomic E-state index is 8.25. The maximum Gasteiger partial charge on any atom is 2.00 e. The van der Waals surface area contributed by atoms with Gasteiger partial charge in [0.2, 0.25) is 0 Å². The van der Waals surface area contributed by atoms with E-state index in [0.717, 1.165) is 12.8 Å². The molecule has 19 heavy (non-hydrogen) atoms. The monoisotopic (exact) mass is 469 g/mol. The van der Waals surface area contributed by atoms with Gasteiger partial charge in [0.25, 0.3) is 0 Å². The van der Waals surface area contributed by atoms with Crippen LogP contribution in [0.2, 0.25) is 0 Å². The van der Waals surface area contributed by atoms with Crippen molar-refractivity contribution in [1.29, 1.82) is 0 Å². The van der Waals surface area contributed by atoms with Crippen molar-refractivity contribution >= 4 is 0 Å². The van der Waals surface area contributed by atoms with Gasteiger partial charge in [-0.05, 0) is 12.8 Å². The second kappa shape index (κ2) is 19.3. The summed E-state index contributed by atoms with van der Waals surface area (Å²) in [5.74, 6) is 0. The number of nitrogens with two attached hydrogens (primary N) is 2. The summed E-state index contributed by atoms with van der Waals surface area (Å²) in [5, 5.41) is 29.5. The Bertz CT molecular complexity index is 191. The van der Waals surface area contributed by atoms with E-state index in [1.807, 2.05) is 0 Å². The van der Waals surface area contributed by atoms with E-state index >= 15 is 0 Å². The average molecular weight is 469 g/mol. The first-order valence-corrected chi connectivity index (χ1v) is 4.41. The van der Waals surface area contributed by atoms with E-state index in [2.05, 4.69) is 0 Å². The molecule has 1 saturated carbocycles. The van der Waals surface area contributed by atoms with E-state index in [-0.39, 0.29) is 44.1 Å². The summed E-state index contributed by atoms with van der Waals surface area (Å²) in [7, 11) is 0. The van der Waals surface area contributed by atoms with Crippen molar-refractivity contribution in [2.24, 2.45) is 11.5 Å². The summed E-state index contributed by atoms with van der Waals surface area (Å²) in [5.41, 5.74) is 11.3. The average Bonchev–Trinajstić information content (AvgIpc) is 2.08. The van der Waals surface area contributed by atoms with E-state index in [1.54, 1.807) is 0 Å². The minimum absolute atomic E-state index is 0.